The van der Waals surface area contributed by atoms with Crippen molar-refractivity contribution in [2.75, 3.05) is 0 Å². The van der Waals surface area contributed by atoms with E-state index in [-0.39, 0.29) is 17.5 Å². The lowest BCUT2D eigenvalue weighted by molar-refractivity contribution is -0.137. The molecule has 0 N–H and O–H groups in total. The molecule has 0 aliphatic carbocycles. The van der Waals surface area contributed by atoms with Gasteiger partial charge in [-0.3, -0.25) is 0 Å². The first-order chi connectivity index (χ1) is 9.68. The highest BCUT2D eigenvalue weighted by Gasteiger charge is 2.31. The SMILES string of the molecule is CC(C)Oc1nc2ccc(C(F)(F)F)cc2nc1C(C)C. The fourth-order valence-corrected chi connectivity index (χ4v) is 1.91. The van der Waals surface area contributed by atoms with Gasteiger partial charge in [-0.25, -0.2) is 9.97 Å². The lowest BCUT2D eigenvalue weighted by Crippen LogP contribution is -2.11. The highest BCUT2D eigenvalue weighted by Crippen LogP contribution is 2.32. The summed E-state index contributed by atoms with van der Waals surface area (Å²) in [6.07, 6.45) is -4.47. The van der Waals surface area contributed by atoms with Crippen molar-refractivity contribution >= 4 is 11.0 Å². The number of nitrogens with zero attached hydrogens (tertiary/aromatic N) is 2. The van der Waals surface area contributed by atoms with Gasteiger partial charge in [-0.2, -0.15) is 13.2 Å². The Hall–Kier alpha value is -1.85. The van der Waals surface area contributed by atoms with Crippen LogP contribution in [0.3, 0.4) is 0 Å². The first kappa shape index (κ1) is 15.5. The number of hydrogen-bond donors (Lipinski definition) is 0. The predicted octanol–water partition coefficient (Wildman–Crippen LogP) is 4.56. The lowest BCUT2D eigenvalue weighted by Gasteiger charge is -2.16. The van der Waals surface area contributed by atoms with E-state index in [1.807, 2.05) is 27.7 Å². The quantitative estimate of drug-likeness (QED) is 0.833. The van der Waals surface area contributed by atoms with E-state index in [2.05, 4.69) is 9.97 Å². The second-order valence-electron chi connectivity index (χ2n) is 5.44. The van der Waals surface area contributed by atoms with Gasteiger partial charge in [0.25, 0.3) is 0 Å². The molecular weight excluding hydrogens is 281 g/mol. The topological polar surface area (TPSA) is 35.0 Å². The Bertz CT molecular complexity index is 651. The van der Waals surface area contributed by atoms with Gasteiger partial charge in [-0.05, 0) is 32.0 Å². The van der Waals surface area contributed by atoms with E-state index < -0.39 is 11.7 Å². The van der Waals surface area contributed by atoms with Crippen LogP contribution in [-0.2, 0) is 6.18 Å². The third-order valence-electron chi connectivity index (χ3n) is 2.88. The first-order valence-corrected chi connectivity index (χ1v) is 6.74. The Morgan fingerprint density at radius 2 is 1.67 bits per heavy atom. The van der Waals surface area contributed by atoms with Gasteiger partial charge >= 0.3 is 6.18 Å². The second-order valence-corrected chi connectivity index (χ2v) is 5.44. The van der Waals surface area contributed by atoms with Crippen molar-refractivity contribution in [1.82, 2.24) is 9.97 Å². The van der Waals surface area contributed by atoms with Crippen LogP contribution in [-0.4, -0.2) is 16.1 Å². The maximum atomic E-state index is 12.8. The summed E-state index contributed by atoms with van der Waals surface area (Å²) in [4.78, 5) is 8.62. The Labute approximate surface area is 121 Å². The van der Waals surface area contributed by atoms with Crippen LogP contribution in [0.2, 0.25) is 0 Å². The monoisotopic (exact) mass is 298 g/mol. The maximum Gasteiger partial charge on any atom is 0.416 e. The summed E-state index contributed by atoms with van der Waals surface area (Å²) in [6.45, 7) is 7.53. The van der Waals surface area contributed by atoms with Gasteiger partial charge in [-0.15, -0.1) is 0 Å². The molecule has 0 saturated heterocycles. The largest absolute Gasteiger partial charge is 0.474 e. The summed E-state index contributed by atoms with van der Waals surface area (Å²) < 4.78 is 43.9. The number of aromatic nitrogens is 2. The molecule has 21 heavy (non-hydrogen) atoms. The number of hydrogen-bond acceptors (Lipinski definition) is 3. The molecule has 0 fully saturated rings. The number of fused-ring (bicyclic) bond motifs is 1. The zero-order chi connectivity index (χ0) is 15.8. The molecular formula is C15H17F3N2O. The van der Waals surface area contributed by atoms with Gasteiger partial charge in [0.05, 0.1) is 22.7 Å². The van der Waals surface area contributed by atoms with Gasteiger partial charge < -0.3 is 4.74 Å². The van der Waals surface area contributed by atoms with Gasteiger partial charge in [0, 0.05) is 5.92 Å². The number of alkyl halides is 3. The summed E-state index contributed by atoms with van der Waals surface area (Å²) in [5, 5.41) is 0. The first-order valence-electron chi connectivity index (χ1n) is 6.74. The second kappa shape index (κ2) is 5.50. The molecule has 0 aliphatic heterocycles. The average Bonchev–Trinajstić information content (AvgIpc) is 2.35. The molecule has 1 heterocycles. The van der Waals surface area contributed by atoms with Crippen LogP contribution in [0.25, 0.3) is 11.0 Å². The van der Waals surface area contributed by atoms with Crippen molar-refractivity contribution < 1.29 is 17.9 Å². The summed E-state index contributed by atoms with van der Waals surface area (Å²) in [6, 6.07) is 3.35. The fraction of sp³-hybridized carbons (Fsp3) is 0.467. The fourth-order valence-electron chi connectivity index (χ4n) is 1.91. The number of ether oxygens (including phenoxy) is 1. The minimum Gasteiger partial charge on any atom is -0.474 e. The van der Waals surface area contributed by atoms with Crippen LogP contribution in [0.5, 0.6) is 5.88 Å². The zero-order valence-electron chi connectivity index (χ0n) is 12.3. The highest BCUT2D eigenvalue weighted by atomic mass is 19.4. The van der Waals surface area contributed by atoms with Gasteiger partial charge in [0.2, 0.25) is 5.88 Å². The molecule has 6 heteroatoms. The van der Waals surface area contributed by atoms with Crippen molar-refractivity contribution in [3.05, 3.63) is 29.5 Å². The van der Waals surface area contributed by atoms with Crippen LogP contribution in [0.1, 0.15) is 44.9 Å². The van der Waals surface area contributed by atoms with Crippen LogP contribution in [0.15, 0.2) is 18.2 Å². The summed E-state index contributed by atoms with van der Waals surface area (Å²) >= 11 is 0. The van der Waals surface area contributed by atoms with E-state index >= 15 is 0 Å². The molecule has 0 spiro atoms. The third-order valence-corrected chi connectivity index (χ3v) is 2.88. The van der Waals surface area contributed by atoms with Gasteiger partial charge in [-0.1, -0.05) is 13.8 Å². The van der Waals surface area contributed by atoms with Crippen LogP contribution >= 0.6 is 0 Å². The molecule has 0 unspecified atom stereocenters. The minimum atomic E-state index is -4.39. The molecule has 0 atom stereocenters. The normalized spacial score (nSPS) is 12.4. The van der Waals surface area contributed by atoms with E-state index in [4.69, 9.17) is 4.74 Å². The highest BCUT2D eigenvalue weighted by molar-refractivity contribution is 5.76. The van der Waals surface area contributed by atoms with Crippen molar-refractivity contribution in [2.45, 2.75) is 45.9 Å². The minimum absolute atomic E-state index is 0.00481. The molecule has 1 aromatic carbocycles. The van der Waals surface area contributed by atoms with E-state index in [9.17, 15) is 13.2 Å². The van der Waals surface area contributed by atoms with E-state index in [1.165, 1.54) is 6.07 Å². The van der Waals surface area contributed by atoms with E-state index in [1.54, 1.807) is 0 Å². The maximum absolute atomic E-state index is 12.8. The molecule has 0 aliphatic rings. The Morgan fingerprint density at radius 3 is 2.19 bits per heavy atom. The number of rotatable bonds is 3. The predicted molar refractivity (Wildman–Crippen MR) is 74.4 cm³/mol. The number of halogens is 3. The van der Waals surface area contributed by atoms with Crippen LogP contribution in [0.4, 0.5) is 13.2 Å². The van der Waals surface area contributed by atoms with E-state index in [0.29, 0.717) is 17.1 Å². The smallest absolute Gasteiger partial charge is 0.416 e. The Balaban J connectivity index is 2.61. The van der Waals surface area contributed by atoms with Crippen molar-refractivity contribution in [3.8, 4) is 5.88 Å². The molecule has 0 bridgehead atoms. The molecule has 0 amide bonds. The molecule has 3 nitrogen and oxygen atoms in total. The van der Waals surface area contributed by atoms with Crippen LogP contribution in [0, 0.1) is 0 Å². The zero-order valence-corrected chi connectivity index (χ0v) is 12.3. The molecule has 2 aromatic rings. The van der Waals surface area contributed by atoms with E-state index in [0.717, 1.165) is 12.1 Å². The standard InChI is InChI=1S/C15H17F3N2O/c1-8(2)13-14(21-9(3)4)20-11-6-5-10(15(16,17)18)7-12(11)19-13/h5-9H,1-4H3. The lowest BCUT2D eigenvalue weighted by atomic mass is 10.1. The molecule has 0 saturated carbocycles. The summed E-state index contributed by atoms with van der Waals surface area (Å²) in [5.41, 5.74) is 0.458. The Morgan fingerprint density at radius 1 is 1.00 bits per heavy atom. The van der Waals surface area contributed by atoms with Crippen molar-refractivity contribution in [2.24, 2.45) is 0 Å². The van der Waals surface area contributed by atoms with Crippen LogP contribution < -0.4 is 4.74 Å². The Kier molecular flexibility index (Phi) is 4.07. The third kappa shape index (κ3) is 3.43. The molecule has 1 aromatic heterocycles. The van der Waals surface area contributed by atoms with Gasteiger partial charge in [0.15, 0.2) is 0 Å². The van der Waals surface area contributed by atoms with Crippen molar-refractivity contribution in [1.29, 1.82) is 0 Å². The van der Waals surface area contributed by atoms with Gasteiger partial charge in [0.1, 0.15) is 5.69 Å². The van der Waals surface area contributed by atoms with Crippen molar-refractivity contribution in [3.63, 3.8) is 0 Å². The molecule has 2 rings (SSSR count). The summed E-state index contributed by atoms with van der Waals surface area (Å²) in [7, 11) is 0. The average molecular weight is 298 g/mol. The number of benzene rings is 1. The molecule has 0 radical (unpaired) electrons. The molecule has 114 valence electrons. The summed E-state index contributed by atoms with van der Waals surface area (Å²) in [5.74, 6) is 0.387.